The Morgan fingerprint density at radius 1 is 1.14 bits per heavy atom. The lowest BCUT2D eigenvalue weighted by molar-refractivity contribution is -0.138. The van der Waals surface area contributed by atoms with Crippen molar-refractivity contribution in [3.8, 4) is 0 Å². The Labute approximate surface area is 128 Å². The Bertz CT molecular complexity index is 352. The Hall–Kier alpha value is -0.250. The molecule has 0 aromatic carbocycles. The van der Waals surface area contributed by atoms with Gasteiger partial charge in [0.25, 0.3) is 0 Å². The second-order valence-electron chi connectivity index (χ2n) is 4.71. The lowest BCUT2D eigenvalue weighted by atomic mass is 10.4. The molecule has 1 N–H and O–H groups in total. The maximum absolute atomic E-state index is 12.1. The van der Waals surface area contributed by atoms with Crippen LogP contribution in [0.5, 0.6) is 0 Å². The summed E-state index contributed by atoms with van der Waals surface area (Å²) in [7, 11) is -3.18. The second kappa shape index (κ2) is 10.5. The van der Waals surface area contributed by atoms with Gasteiger partial charge in [-0.25, -0.2) is 8.42 Å². The van der Waals surface area contributed by atoms with E-state index in [2.05, 4.69) is 5.32 Å². The molecule has 1 saturated heterocycles. The van der Waals surface area contributed by atoms with Crippen molar-refractivity contribution in [3.63, 3.8) is 0 Å². The first kappa shape index (κ1) is 18.8. The van der Waals surface area contributed by atoms with Gasteiger partial charge in [-0.15, -0.1) is 0 Å². The van der Waals surface area contributed by atoms with Crippen molar-refractivity contribution < 1.29 is 22.6 Å². The highest BCUT2D eigenvalue weighted by molar-refractivity contribution is 7.89. The first-order valence-corrected chi connectivity index (χ1v) is 9.20. The van der Waals surface area contributed by atoms with Gasteiger partial charge in [0.2, 0.25) is 10.0 Å². The minimum absolute atomic E-state index is 0.112. The van der Waals surface area contributed by atoms with Gasteiger partial charge in [-0.2, -0.15) is 4.31 Å². The lowest BCUT2D eigenvalue weighted by Crippen LogP contribution is -2.43. The van der Waals surface area contributed by atoms with Crippen LogP contribution in [-0.4, -0.2) is 77.4 Å². The molecule has 1 rings (SSSR count). The molecule has 0 bridgehead atoms. The van der Waals surface area contributed by atoms with Crippen LogP contribution >= 0.6 is 0 Å². The summed E-state index contributed by atoms with van der Waals surface area (Å²) in [6, 6.07) is 0. The van der Waals surface area contributed by atoms with E-state index in [0.29, 0.717) is 59.0 Å². The van der Waals surface area contributed by atoms with E-state index in [9.17, 15) is 8.42 Å². The van der Waals surface area contributed by atoms with E-state index < -0.39 is 10.0 Å². The summed E-state index contributed by atoms with van der Waals surface area (Å²) < 4.78 is 41.6. The first-order valence-electron chi connectivity index (χ1n) is 7.59. The lowest BCUT2D eigenvalue weighted by Gasteiger charge is -2.26. The van der Waals surface area contributed by atoms with Crippen LogP contribution in [0.1, 0.15) is 20.3 Å². The summed E-state index contributed by atoms with van der Waals surface area (Å²) in [5.41, 5.74) is 0. The fraction of sp³-hybridized carbons (Fsp3) is 1.00. The van der Waals surface area contributed by atoms with Crippen molar-refractivity contribution in [3.05, 3.63) is 0 Å². The summed E-state index contributed by atoms with van der Waals surface area (Å²) in [4.78, 5) is 0. The van der Waals surface area contributed by atoms with Gasteiger partial charge < -0.3 is 19.5 Å². The summed E-state index contributed by atoms with van der Waals surface area (Å²) in [6.45, 7) is 8.05. The number of nitrogens with zero attached hydrogens (tertiary/aromatic N) is 1. The summed E-state index contributed by atoms with van der Waals surface area (Å²) >= 11 is 0. The smallest absolute Gasteiger partial charge is 0.215 e. The monoisotopic (exact) mass is 324 g/mol. The Morgan fingerprint density at radius 3 is 2.33 bits per heavy atom. The molecule has 1 heterocycles. The molecule has 21 heavy (non-hydrogen) atoms. The minimum atomic E-state index is -3.18. The molecule has 1 aliphatic heterocycles. The van der Waals surface area contributed by atoms with E-state index in [-0.39, 0.29) is 12.0 Å². The zero-order valence-electron chi connectivity index (χ0n) is 13.0. The normalized spacial score (nSPS) is 17.5. The van der Waals surface area contributed by atoms with Crippen LogP contribution in [0.15, 0.2) is 0 Å². The molecule has 8 heteroatoms. The van der Waals surface area contributed by atoms with Crippen molar-refractivity contribution in [2.24, 2.45) is 0 Å². The van der Waals surface area contributed by atoms with Gasteiger partial charge in [-0.05, 0) is 20.4 Å². The average Bonchev–Trinajstić information content (AvgIpc) is 2.48. The molecule has 1 aliphatic rings. The molecule has 0 spiro atoms. The van der Waals surface area contributed by atoms with Crippen LogP contribution in [0.4, 0.5) is 0 Å². The zero-order chi connectivity index (χ0) is 15.6. The molecule has 0 aliphatic carbocycles. The number of morpholine rings is 1. The fourth-order valence-corrected chi connectivity index (χ4v) is 3.45. The first-order chi connectivity index (χ1) is 10.1. The Kier molecular flexibility index (Phi) is 9.37. The molecule has 0 amide bonds. The van der Waals surface area contributed by atoms with E-state index >= 15 is 0 Å². The quantitative estimate of drug-likeness (QED) is 0.427. The van der Waals surface area contributed by atoms with Gasteiger partial charge in [0.05, 0.1) is 19.0 Å². The van der Waals surface area contributed by atoms with E-state index in [1.54, 1.807) is 0 Å². The highest BCUT2D eigenvalue weighted by Gasteiger charge is 2.23. The Balaban J connectivity index is 2.17. The fourth-order valence-electron chi connectivity index (χ4n) is 2.09. The molecule has 126 valence electrons. The van der Waals surface area contributed by atoms with Gasteiger partial charge in [0.1, 0.15) is 0 Å². The van der Waals surface area contributed by atoms with Crippen LogP contribution in [0.25, 0.3) is 0 Å². The van der Waals surface area contributed by atoms with E-state index in [1.807, 2.05) is 13.8 Å². The van der Waals surface area contributed by atoms with Gasteiger partial charge in [-0.1, -0.05) is 0 Å². The maximum atomic E-state index is 12.1. The molecule has 0 unspecified atom stereocenters. The van der Waals surface area contributed by atoms with Gasteiger partial charge in [0.15, 0.2) is 6.29 Å². The molecular weight excluding hydrogens is 296 g/mol. The van der Waals surface area contributed by atoms with Gasteiger partial charge in [-0.3, -0.25) is 0 Å². The third-order valence-corrected chi connectivity index (χ3v) is 5.03. The van der Waals surface area contributed by atoms with Crippen LogP contribution in [0.3, 0.4) is 0 Å². The van der Waals surface area contributed by atoms with E-state index in [0.717, 1.165) is 0 Å². The van der Waals surface area contributed by atoms with Gasteiger partial charge >= 0.3 is 0 Å². The van der Waals surface area contributed by atoms with Crippen LogP contribution in [0.2, 0.25) is 0 Å². The number of rotatable bonds is 11. The molecular formula is C13H28N2O5S. The summed E-state index contributed by atoms with van der Waals surface area (Å²) in [5.74, 6) is 0.112. The van der Waals surface area contributed by atoms with Crippen molar-refractivity contribution in [2.45, 2.75) is 26.6 Å². The number of hydrogen-bond donors (Lipinski definition) is 1. The second-order valence-corrected chi connectivity index (χ2v) is 6.79. The third-order valence-electron chi connectivity index (χ3n) is 3.16. The van der Waals surface area contributed by atoms with Gasteiger partial charge in [0, 0.05) is 39.3 Å². The molecule has 0 radical (unpaired) electrons. The number of sulfonamides is 1. The highest BCUT2D eigenvalue weighted by atomic mass is 32.2. The molecule has 1 fully saturated rings. The van der Waals surface area contributed by atoms with Crippen molar-refractivity contribution in [2.75, 3.05) is 58.4 Å². The third kappa shape index (κ3) is 7.53. The predicted molar refractivity (Wildman–Crippen MR) is 80.7 cm³/mol. The van der Waals surface area contributed by atoms with Crippen molar-refractivity contribution >= 4 is 10.0 Å². The van der Waals surface area contributed by atoms with Crippen LogP contribution in [-0.2, 0) is 24.2 Å². The summed E-state index contributed by atoms with van der Waals surface area (Å²) in [6.07, 6.45) is 0.489. The van der Waals surface area contributed by atoms with Crippen molar-refractivity contribution in [1.29, 1.82) is 0 Å². The molecule has 7 nitrogen and oxygen atoms in total. The molecule has 0 saturated carbocycles. The topological polar surface area (TPSA) is 77.1 Å². The number of ether oxygens (including phenoxy) is 3. The van der Waals surface area contributed by atoms with Crippen LogP contribution in [0, 0.1) is 0 Å². The average molecular weight is 324 g/mol. The SMILES string of the molecule is CCOC(CCNCCS(=O)(=O)N1CCOCC1)OCC. The standard InChI is InChI=1S/C13H28N2O5S/c1-3-19-13(20-4-2)5-6-14-7-12-21(16,17)15-8-10-18-11-9-15/h13-14H,3-12H2,1-2H3. The van der Waals surface area contributed by atoms with Crippen LogP contribution < -0.4 is 5.32 Å². The number of hydrogen-bond acceptors (Lipinski definition) is 6. The zero-order valence-corrected chi connectivity index (χ0v) is 13.9. The van der Waals surface area contributed by atoms with E-state index in [4.69, 9.17) is 14.2 Å². The molecule has 0 aromatic rings. The maximum Gasteiger partial charge on any atom is 0.215 e. The number of nitrogens with one attached hydrogen (secondary N) is 1. The molecule has 0 atom stereocenters. The summed E-state index contributed by atoms with van der Waals surface area (Å²) in [5, 5.41) is 3.13. The van der Waals surface area contributed by atoms with E-state index in [1.165, 1.54) is 4.31 Å². The molecule has 0 aromatic heterocycles. The largest absolute Gasteiger partial charge is 0.379 e. The van der Waals surface area contributed by atoms with Crippen molar-refractivity contribution in [1.82, 2.24) is 9.62 Å². The predicted octanol–water partition coefficient (Wildman–Crippen LogP) is 0.0272. The highest BCUT2D eigenvalue weighted by Crippen LogP contribution is 2.05. The minimum Gasteiger partial charge on any atom is -0.379 e. The Morgan fingerprint density at radius 2 is 1.76 bits per heavy atom.